The number of aliphatic hydroxyl groups is 2. The monoisotopic (exact) mass is 435 g/mol. The summed E-state index contributed by atoms with van der Waals surface area (Å²) in [7, 11) is 1.71. The first-order valence-corrected chi connectivity index (χ1v) is 9.16. The summed E-state index contributed by atoms with van der Waals surface area (Å²) in [5.41, 5.74) is 3.04. The average molecular weight is 435 g/mol. The van der Waals surface area contributed by atoms with Crippen LogP contribution < -0.4 is 10.1 Å². The Morgan fingerprint density at radius 3 is 2.61 bits per heavy atom. The van der Waals surface area contributed by atoms with E-state index in [0.29, 0.717) is 33.3 Å². The number of aromatic nitrogens is 2. The van der Waals surface area contributed by atoms with E-state index in [4.69, 9.17) is 0 Å². The zero-order chi connectivity index (χ0) is 22.8. The van der Waals surface area contributed by atoms with Gasteiger partial charge in [0.05, 0.1) is 24.0 Å². The lowest BCUT2D eigenvalue weighted by atomic mass is 9.93. The molecule has 2 aromatic carbocycles. The van der Waals surface area contributed by atoms with E-state index in [1.54, 1.807) is 17.7 Å². The number of amides is 1. The molecule has 31 heavy (non-hydrogen) atoms. The van der Waals surface area contributed by atoms with Gasteiger partial charge in [-0.15, -0.1) is 13.2 Å². The molecule has 0 aliphatic rings. The fourth-order valence-corrected chi connectivity index (χ4v) is 3.34. The minimum atomic E-state index is -4.80. The van der Waals surface area contributed by atoms with E-state index in [2.05, 4.69) is 21.6 Å². The van der Waals surface area contributed by atoms with Crippen molar-refractivity contribution in [2.45, 2.75) is 19.0 Å². The maximum absolute atomic E-state index is 12.4. The summed E-state index contributed by atoms with van der Waals surface area (Å²) in [6, 6.07) is 6.96. The van der Waals surface area contributed by atoms with Crippen LogP contribution in [-0.4, -0.2) is 38.6 Å². The van der Waals surface area contributed by atoms with Gasteiger partial charge in [0.25, 0.3) is 0 Å². The Balaban J connectivity index is 2.15. The number of aryl methyl sites for hydroxylation is 1. The molecule has 7 nitrogen and oxygen atoms in total. The number of fused-ring (bicyclic) bond motifs is 1. The number of carbonyl (C=O) groups is 1. The van der Waals surface area contributed by atoms with Gasteiger partial charge >= 0.3 is 6.36 Å². The van der Waals surface area contributed by atoms with Crippen molar-refractivity contribution in [1.82, 2.24) is 14.9 Å². The van der Waals surface area contributed by atoms with Crippen LogP contribution in [0.5, 0.6) is 5.75 Å². The summed E-state index contributed by atoms with van der Waals surface area (Å²) in [4.78, 5) is 16.0. The van der Waals surface area contributed by atoms with Crippen LogP contribution in [0.2, 0.25) is 0 Å². The molecule has 1 atom stereocenters. The second-order valence-corrected chi connectivity index (χ2v) is 6.74. The van der Waals surface area contributed by atoms with Gasteiger partial charge in [0.15, 0.2) is 0 Å². The zero-order valence-electron chi connectivity index (χ0n) is 16.5. The molecule has 0 fully saturated rings. The number of nitrogens with one attached hydrogen (secondary N) is 1. The Labute approximate surface area is 175 Å². The fraction of sp³-hybridized carbons (Fsp3) is 0.238. The van der Waals surface area contributed by atoms with Crippen LogP contribution in [0.1, 0.15) is 17.2 Å². The molecule has 0 bridgehead atoms. The number of hydrogen-bond acceptors (Lipinski definition) is 5. The highest BCUT2D eigenvalue weighted by Gasteiger charge is 2.31. The van der Waals surface area contributed by atoms with E-state index in [1.807, 2.05) is 0 Å². The number of nitrogens with zero attached hydrogens (tertiary/aromatic N) is 2. The van der Waals surface area contributed by atoms with Gasteiger partial charge in [-0.05, 0) is 35.4 Å². The van der Waals surface area contributed by atoms with Crippen LogP contribution in [0.3, 0.4) is 0 Å². The van der Waals surface area contributed by atoms with Crippen LogP contribution in [0.4, 0.5) is 13.2 Å². The topological polar surface area (TPSA) is 96.6 Å². The molecule has 0 saturated heterocycles. The summed E-state index contributed by atoms with van der Waals surface area (Å²) in [5, 5.41) is 22.6. The summed E-state index contributed by atoms with van der Waals surface area (Å²) in [6.07, 6.45) is -3.40. The molecule has 0 unspecified atom stereocenters. The number of alkyl halides is 3. The van der Waals surface area contributed by atoms with Crippen molar-refractivity contribution in [3.63, 3.8) is 0 Å². The highest BCUT2D eigenvalue weighted by molar-refractivity contribution is 5.95. The molecule has 0 saturated carbocycles. The largest absolute Gasteiger partial charge is 0.573 e. The van der Waals surface area contributed by atoms with Crippen molar-refractivity contribution in [2.75, 3.05) is 6.61 Å². The first-order valence-electron chi connectivity index (χ1n) is 9.16. The van der Waals surface area contributed by atoms with Gasteiger partial charge in [-0.1, -0.05) is 18.7 Å². The summed E-state index contributed by atoms with van der Waals surface area (Å²) < 4.78 is 42.9. The Morgan fingerprint density at radius 1 is 1.35 bits per heavy atom. The molecule has 1 heterocycles. The fourth-order valence-electron chi connectivity index (χ4n) is 3.34. The molecule has 0 aliphatic carbocycles. The highest BCUT2D eigenvalue weighted by Crippen LogP contribution is 2.36. The van der Waals surface area contributed by atoms with Gasteiger partial charge < -0.3 is 24.8 Å². The molecule has 3 rings (SSSR count). The number of hydrogen-bond donors (Lipinski definition) is 3. The Morgan fingerprint density at radius 2 is 2.03 bits per heavy atom. The third-order valence-electron chi connectivity index (χ3n) is 4.66. The minimum absolute atomic E-state index is 0.0284. The Hall–Kier alpha value is -3.37. The Kier molecular flexibility index (Phi) is 6.32. The quantitative estimate of drug-likeness (QED) is 0.496. The Bertz CT molecular complexity index is 1110. The molecule has 164 valence electrons. The second kappa shape index (κ2) is 8.78. The molecule has 0 aliphatic heterocycles. The molecular weight excluding hydrogens is 415 g/mol. The SMILES string of the molecule is C=CC(=O)NCc1cc(-c2ccc(OC(F)(F)F)cc2)c2ncn(C)c2c1[C@@H](O)CO. The molecule has 1 amide bonds. The van der Waals surface area contributed by atoms with Gasteiger partial charge in [0, 0.05) is 24.7 Å². The number of imidazole rings is 1. The van der Waals surface area contributed by atoms with Crippen LogP contribution in [0.15, 0.2) is 49.3 Å². The molecule has 1 aromatic heterocycles. The van der Waals surface area contributed by atoms with E-state index >= 15 is 0 Å². The third-order valence-corrected chi connectivity index (χ3v) is 4.66. The lowest BCUT2D eigenvalue weighted by Gasteiger charge is -2.19. The molecular formula is C21H20F3N3O4. The molecule has 3 N–H and O–H groups in total. The lowest BCUT2D eigenvalue weighted by molar-refractivity contribution is -0.274. The lowest BCUT2D eigenvalue weighted by Crippen LogP contribution is -2.22. The number of benzene rings is 2. The number of carbonyl (C=O) groups excluding carboxylic acids is 1. The summed E-state index contributed by atoms with van der Waals surface area (Å²) in [6.45, 7) is 2.87. The van der Waals surface area contributed by atoms with Crippen LogP contribution in [-0.2, 0) is 18.4 Å². The molecule has 0 spiro atoms. The normalized spacial score (nSPS) is 12.6. The maximum atomic E-state index is 12.4. The predicted molar refractivity (Wildman–Crippen MR) is 107 cm³/mol. The van der Waals surface area contributed by atoms with Gasteiger partial charge in [-0.25, -0.2) is 4.98 Å². The minimum Gasteiger partial charge on any atom is -0.406 e. The van der Waals surface area contributed by atoms with Crippen molar-refractivity contribution in [2.24, 2.45) is 7.05 Å². The van der Waals surface area contributed by atoms with Gasteiger partial charge in [-0.3, -0.25) is 4.79 Å². The second-order valence-electron chi connectivity index (χ2n) is 6.74. The predicted octanol–water partition coefficient (Wildman–Crippen LogP) is 2.97. The standard InChI is InChI=1S/C21H20F3N3O4/c1-3-17(30)25-9-13-8-15(12-4-6-14(7-5-12)31-21(22,23)24)19-20(27(2)11-26-19)18(13)16(29)10-28/h3-8,11,16,28-29H,1,9-10H2,2H3,(H,25,30)/t16-/m0/s1. The first kappa shape index (κ1) is 22.3. The molecule has 10 heteroatoms. The van der Waals surface area contributed by atoms with E-state index in [0.717, 1.165) is 6.08 Å². The van der Waals surface area contributed by atoms with Gasteiger partial charge in [0.1, 0.15) is 11.9 Å². The average Bonchev–Trinajstić information content (AvgIpc) is 3.11. The number of ether oxygens (including phenoxy) is 1. The molecule has 0 radical (unpaired) electrons. The van der Waals surface area contributed by atoms with Crippen molar-refractivity contribution < 1.29 is 32.9 Å². The highest BCUT2D eigenvalue weighted by atomic mass is 19.4. The smallest absolute Gasteiger partial charge is 0.406 e. The summed E-state index contributed by atoms with van der Waals surface area (Å²) in [5.74, 6) is -0.788. The molecule has 3 aromatic rings. The van der Waals surface area contributed by atoms with E-state index in [9.17, 15) is 28.2 Å². The number of halogens is 3. The first-order chi connectivity index (χ1) is 14.6. The van der Waals surface area contributed by atoms with Crippen molar-refractivity contribution in [1.29, 1.82) is 0 Å². The van der Waals surface area contributed by atoms with Crippen molar-refractivity contribution >= 4 is 16.9 Å². The third kappa shape index (κ3) is 4.86. The van der Waals surface area contributed by atoms with Gasteiger partial charge in [0.2, 0.25) is 5.91 Å². The number of aliphatic hydroxyl groups excluding tert-OH is 2. The van der Waals surface area contributed by atoms with E-state index in [-0.39, 0.29) is 12.3 Å². The summed E-state index contributed by atoms with van der Waals surface area (Å²) >= 11 is 0. The van der Waals surface area contributed by atoms with Crippen LogP contribution in [0.25, 0.3) is 22.2 Å². The van der Waals surface area contributed by atoms with Crippen molar-refractivity contribution in [3.8, 4) is 16.9 Å². The van der Waals surface area contributed by atoms with E-state index in [1.165, 1.54) is 30.6 Å². The van der Waals surface area contributed by atoms with Gasteiger partial charge in [-0.2, -0.15) is 0 Å². The number of rotatable bonds is 7. The van der Waals surface area contributed by atoms with E-state index < -0.39 is 25.0 Å². The zero-order valence-corrected chi connectivity index (χ0v) is 16.5. The van der Waals surface area contributed by atoms with Crippen LogP contribution in [0, 0.1) is 0 Å². The van der Waals surface area contributed by atoms with Crippen LogP contribution >= 0.6 is 0 Å². The maximum Gasteiger partial charge on any atom is 0.573 e. The van der Waals surface area contributed by atoms with Crippen molar-refractivity contribution in [3.05, 3.63) is 60.4 Å².